The lowest BCUT2D eigenvalue weighted by atomic mass is 9.89. The van der Waals surface area contributed by atoms with Crippen LogP contribution in [0.5, 0.6) is 0 Å². The number of carbonyl (C=O) groups excluding carboxylic acids is 1. The number of aryl methyl sites for hydroxylation is 1. The Labute approximate surface area is 233 Å². The van der Waals surface area contributed by atoms with Gasteiger partial charge in [-0.15, -0.1) is 0 Å². The molecule has 4 aromatic rings. The van der Waals surface area contributed by atoms with E-state index in [1.807, 2.05) is 31.2 Å². The Morgan fingerprint density at radius 3 is 2.45 bits per heavy atom. The van der Waals surface area contributed by atoms with Gasteiger partial charge in [0.25, 0.3) is 0 Å². The minimum absolute atomic E-state index is 0.312. The molecule has 40 heavy (non-hydrogen) atoms. The largest absolute Gasteiger partial charge is 0.383 e. The van der Waals surface area contributed by atoms with Gasteiger partial charge in [-0.25, -0.2) is 14.8 Å². The van der Waals surface area contributed by atoms with Crippen molar-refractivity contribution in [2.75, 3.05) is 49.6 Å². The molecule has 4 N–H and O–H groups in total. The van der Waals surface area contributed by atoms with E-state index in [9.17, 15) is 4.79 Å². The monoisotopic (exact) mass is 543 g/mol. The SMILES string of the molecule is CCc1cc(NC(=O)Nc2ccc(-c3cn([C@H]4CC[C@H](N5CCN(C)CC5)CC4)c4ncnc(N)c34)cc2)on1. The van der Waals surface area contributed by atoms with Crippen molar-refractivity contribution in [1.29, 1.82) is 0 Å². The number of nitrogens with one attached hydrogen (secondary N) is 2. The van der Waals surface area contributed by atoms with Crippen molar-refractivity contribution in [2.45, 2.75) is 51.1 Å². The minimum atomic E-state index is -0.395. The number of anilines is 3. The van der Waals surface area contributed by atoms with Crippen LogP contribution in [0.15, 0.2) is 47.4 Å². The second-order valence-corrected chi connectivity index (χ2v) is 10.9. The number of piperazine rings is 1. The molecule has 0 radical (unpaired) electrons. The van der Waals surface area contributed by atoms with Gasteiger partial charge in [-0.2, -0.15) is 0 Å². The number of carbonyl (C=O) groups is 1. The Kier molecular flexibility index (Phi) is 7.40. The Bertz CT molecular complexity index is 1460. The lowest BCUT2D eigenvalue weighted by Gasteiger charge is -2.41. The molecule has 4 heterocycles. The van der Waals surface area contributed by atoms with E-state index in [-0.39, 0.29) is 0 Å². The molecule has 0 spiro atoms. The van der Waals surface area contributed by atoms with Crippen LogP contribution in [0.25, 0.3) is 22.2 Å². The number of hydrogen-bond acceptors (Lipinski definition) is 8. The van der Waals surface area contributed by atoms with Crippen LogP contribution in [0.2, 0.25) is 0 Å². The summed E-state index contributed by atoms with van der Waals surface area (Å²) < 4.78 is 7.44. The lowest BCUT2D eigenvalue weighted by molar-refractivity contribution is 0.0828. The Hall–Kier alpha value is -3.96. The first-order valence-electron chi connectivity index (χ1n) is 14.2. The molecule has 2 amide bonds. The zero-order chi connectivity index (χ0) is 27.6. The predicted molar refractivity (Wildman–Crippen MR) is 156 cm³/mol. The van der Waals surface area contributed by atoms with Crippen molar-refractivity contribution < 1.29 is 9.32 Å². The van der Waals surface area contributed by atoms with Crippen LogP contribution in [0.3, 0.4) is 0 Å². The molecule has 0 bridgehead atoms. The van der Waals surface area contributed by atoms with Crippen LogP contribution < -0.4 is 16.4 Å². The molecule has 1 saturated heterocycles. The topological polar surface area (TPSA) is 130 Å². The van der Waals surface area contributed by atoms with E-state index in [4.69, 9.17) is 10.3 Å². The van der Waals surface area contributed by atoms with Crippen LogP contribution in [0.4, 0.5) is 22.2 Å². The van der Waals surface area contributed by atoms with E-state index in [1.54, 1.807) is 12.4 Å². The van der Waals surface area contributed by atoms with Gasteiger partial charge in [0.2, 0.25) is 5.88 Å². The summed E-state index contributed by atoms with van der Waals surface area (Å²) >= 11 is 0. The van der Waals surface area contributed by atoms with E-state index in [2.05, 4.69) is 53.4 Å². The van der Waals surface area contributed by atoms with Gasteiger partial charge in [0.15, 0.2) is 0 Å². The lowest BCUT2D eigenvalue weighted by Crippen LogP contribution is -2.49. The van der Waals surface area contributed by atoms with Crippen LogP contribution in [0.1, 0.15) is 44.3 Å². The Balaban J connectivity index is 1.17. The van der Waals surface area contributed by atoms with E-state index in [1.165, 1.54) is 25.9 Å². The summed E-state index contributed by atoms with van der Waals surface area (Å²) in [5, 5.41) is 10.3. The maximum absolute atomic E-state index is 12.4. The summed E-state index contributed by atoms with van der Waals surface area (Å²) in [5.41, 5.74) is 10.7. The van der Waals surface area contributed by atoms with Gasteiger partial charge in [-0.1, -0.05) is 24.2 Å². The summed E-state index contributed by atoms with van der Waals surface area (Å²) in [5.74, 6) is 0.789. The fourth-order valence-electron chi connectivity index (χ4n) is 6.04. The number of nitrogens with two attached hydrogens (primary N) is 1. The maximum atomic E-state index is 12.4. The minimum Gasteiger partial charge on any atom is -0.383 e. The Morgan fingerprint density at radius 2 is 1.75 bits per heavy atom. The van der Waals surface area contributed by atoms with E-state index in [0.717, 1.165) is 60.2 Å². The number of benzene rings is 1. The smallest absolute Gasteiger partial charge is 0.326 e. The van der Waals surface area contributed by atoms with Gasteiger partial charge in [-0.05, 0) is 56.8 Å². The summed E-state index contributed by atoms with van der Waals surface area (Å²) in [6, 6.07) is 10.1. The molecule has 1 aliphatic heterocycles. The van der Waals surface area contributed by atoms with E-state index < -0.39 is 6.03 Å². The zero-order valence-corrected chi connectivity index (χ0v) is 23.1. The number of urea groups is 1. The number of fused-ring (bicyclic) bond motifs is 1. The fourth-order valence-corrected chi connectivity index (χ4v) is 6.04. The summed E-state index contributed by atoms with van der Waals surface area (Å²) in [6.07, 6.45) is 9.09. The highest BCUT2D eigenvalue weighted by Crippen LogP contribution is 2.39. The molecule has 1 aromatic carbocycles. The van der Waals surface area contributed by atoms with Gasteiger partial charge < -0.3 is 25.0 Å². The van der Waals surface area contributed by atoms with Crippen molar-refractivity contribution in [2.24, 2.45) is 0 Å². The molecule has 2 fully saturated rings. The van der Waals surface area contributed by atoms with Gasteiger partial charge >= 0.3 is 6.03 Å². The quantitative estimate of drug-likeness (QED) is 0.322. The Morgan fingerprint density at radius 1 is 1.02 bits per heavy atom. The highest BCUT2D eigenvalue weighted by atomic mass is 16.5. The molecule has 11 nitrogen and oxygen atoms in total. The molecule has 1 aliphatic carbocycles. The predicted octanol–water partition coefficient (Wildman–Crippen LogP) is 4.61. The highest BCUT2D eigenvalue weighted by Gasteiger charge is 2.30. The average molecular weight is 544 g/mol. The molecule has 3 aromatic heterocycles. The molecule has 1 saturated carbocycles. The number of aromatic nitrogens is 4. The zero-order valence-electron chi connectivity index (χ0n) is 23.1. The van der Waals surface area contributed by atoms with Crippen molar-refractivity contribution in [3.63, 3.8) is 0 Å². The number of nitrogens with zero attached hydrogens (tertiary/aromatic N) is 6. The van der Waals surface area contributed by atoms with Crippen LogP contribution in [-0.4, -0.2) is 74.8 Å². The standard InChI is InChI=1S/C29H37N9O2/c1-3-20-16-25(40-35-20)34-29(39)33-21-6-4-19(5-7-21)24-17-38(28-26(24)27(30)31-18-32-28)23-10-8-22(9-11-23)37-14-12-36(2)13-15-37/h4-7,16-18,22-23H,3,8-15H2,1-2H3,(H2,30,31,32)(H2,33,34,39)/t22-,23-. The number of likely N-dealkylation sites (N-methyl/N-ethyl adjacent to an activating group) is 1. The van der Waals surface area contributed by atoms with Gasteiger partial charge in [0.05, 0.1) is 11.1 Å². The van der Waals surface area contributed by atoms with Crippen molar-refractivity contribution in [1.82, 2.24) is 29.5 Å². The summed E-state index contributed by atoms with van der Waals surface area (Å²) in [4.78, 5) is 26.5. The van der Waals surface area contributed by atoms with Crippen molar-refractivity contribution in [3.05, 3.63) is 48.5 Å². The first-order valence-corrected chi connectivity index (χ1v) is 14.2. The van der Waals surface area contributed by atoms with Gasteiger partial charge in [0.1, 0.15) is 17.8 Å². The summed E-state index contributed by atoms with van der Waals surface area (Å²) in [7, 11) is 2.21. The maximum Gasteiger partial charge on any atom is 0.326 e. The number of hydrogen-bond donors (Lipinski definition) is 3. The number of rotatable bonds is 6. The average Bonchev–Trinajstić information content (AvgIpc) is 3.59. The normalized spacial score (nSPS) is 20.6. The third-order valence-corrected chi connectivity index (χ3v) is 8.36. The molecule has 6 rings (SSSR count). The number of amides is 2. The van der Waals surface area contributed by atoms with E-state index >= 15 is 0 Å². The molecule has 2 aliphatic rings. The van der Waals surface area contributed by atoms with Gasteiger partial charge in [-0.3, -0.25) is 10.2 Å². The first-order chi connectivity index (χ1) is 19.5. The molecular formula is C29H37N9O2. The molecule has 11 heteroatoms. The third-order valence-electron chi connectivity index (χ3n) is 8.36. The van der Waals surface area contributed by atoms with Crippen LogP contribution >= 0.6 is 0 Å². The molecular weight excluding hydrogens is 506 g/mol. The molecule has 0 atom stereocenters. The molecule has 210 valence electrons. The first kappa shape index (κ1) is 26.3. The summed E-state index contributed by atoms with van der Waals surface area (Å²) in [6.45, 7) is 6.61. The second-order valence-electron chi connectivity index (χ2n) is 10.9. The van der Waals surface area contributed by atoms with Crippen LogP contribution in [-0.2, 0) is 6.42 Å². The van der Waals surface area contributed by atoms with Crippen molar-refractivity contribution in [3.8, 4) is 11.1 Å². The van der Waals surface area contributed by atoms with Crippen molar-refractivity contribution >= 4 is 34.5 Å². The van der Waals surface area contributed by atoms with Gasteiger partial charge in [0, 0.05) is 61.8 Å². The van der Waals surface area contributed by atoms with Crippen LogP contribution in [0, 0.1) is 0 Å². The number of nitrogen functional groups attached to an aromatic ring is 1. The second kappa shape index (κ2) is 11.3. The fraction of sp³-hybridized carbons (Fsp3) is 0.448. The third kappa shape index (κ3) is 5.39. The molecule has 0 unspecified atom stereocenters. The highest BCUT2D eigenvalue weighted by molar-refractivity contribution is 6.02. The van der Waals surface area contributed by atoms with E-state index in [0.29, 0.717) is 29.5 Å².